The van der Waals surface area contributed by atoms with E-state index >= 15 is 0 Å². The van der Waals surface area contributed by atoms with Crippen molar-refractivity contribution in [3.8, 4) is 11.5 Å². The molecule has 3 amide bonds. The SMILES string of the molecule is CC(C)[C@@H](CN1CC[C@@](C)(c2cccc(C(=O)O)c2)[C@@H](C)C1)NC(=O)CCc1ccc(O)cc1.CC(C)[C@@H](CN1CC[C@@](C)(c2cccc(C(N)=O)c2)[C@@H](C)C1)NC(=O)CCc1ccc(O)cc1. The molecule has 0 bridgehead atoms. The number of nitrogens with one attached hydrogen (secondary N) is 2. The lowest BCUT2D eigenvalue weighted by Gasteiger charge is -2.46. The predicted molar refractivity (Wildman–Crippen MR) is 270 cm³/mol. The fourth-order valence-corrected chi connectivity index (χ4v) is 9.66. The van der Waals surface area contributed by atoms with Crippen molar-refractivity contribution in [3.63, 3.8) is 0 Å². The number of phenolic OH excluding ortho intramolecular Hbond substituents is 2. The molecule has 6 atom stereocenters. The number of aromatic carboxylic acids is 1. The van der Waals surface area contributed by atoms with Gasteiger partial charge < -0.3 is 41.5 Å². The number of hydrogen-bond acceptors (Lipinski definition) is 8. The summed E-state index contributed by atoms with van der Waals surface area (Å²) < 4.78 is 0. The van der Waals surface area contributed by atoms with Crippen LogP contribution in [0, 0.1) is 23.7 Å². The monoisotopic (exact) mass is 932 g/mol. The highest BCUT2D eigenvalue weighted by atomic mass is 16.4. The van der Waals surface area contributed by atoms with Crippen molar-refractivity contribution in [2.45, 2.75) is 117 Å². The molecule has 0 aliphatic carbocycles. The minimum atomic E-state index is -0.892. The molecule has 68 heavy (non-hydrogen) atoms. The smallest absolute Gasteiger partial charge is 0.335 e. The highest BCUT2D eigenvalue weighted by Crippen LogP contribution is 2.41. The molecule has 4 aromatic rings. The maximum absolute atomic E-state index is 12.7. The Kier molecular flexibility index (Phi) is 18.8. The quantitative estimate of drug-likeness (QED) is 0.0571. The number of phenols is 2. The van der Waals surface area contributed by atoms with E-state index in [9.17, 15) is 34.5 Å². The summed E-state index contributed by atoms with van der Waals surface area (Å²) in [6.07, 6.45) is 4.07. The van der Waals surface area contributed by atoms with Crippen LogP contribution in [0.4, 0.5) is 0 Å². The number of aryl methyl sites for hydroxylation is 2. The Balaban J connectivity index is 0.000000254. The van der Waals surface area contributed by atoms with Crippen molar-refractivity contribution in [2.24, 2.45) is 29.4 Å². The third kappa shape index (κ3) is 14.6. The molecule has 12 nitrogen and oxygen atoms in total. The van der Waals surface area contributed by atoms with E-state index in [4.69, 9.17) is 5.73 Å². The Morgan fingerprint density at radius 1 is 0.632 bits per heavy atom. The lowest BCUT2D eigenvalue weighted by atomic mass is 9.67. The standard InChI is InChI=1S/C28H39N3O3.C28H38N2O4/c1-19(2)25(30-26(33)13-10-21-8-11-24(32)12-9-21)18-31-15-14-28(4,20(3)17-31)23-7-5-6-22(16-23)27(29)34;1-19(2)25(29-26(32)13-10-21-8-11-24(31)12-9-21)18-30-15-14-28(4,20(3)17-30)23-7-5-6-22(16-23)27(33)34/h5-9,11-12,16,19-20,25,32H,10,13-15,17-18H2,1-4H3,(H2,29,34)(H,30,33);5-9,11-12,16,19-20,25,31H,10,13-15,17-18H2,1-4H3,(H,29,32)(H,33,34)/t2*20-,25+,28+/m00/s1. The van der Waals surface area contributed by atoms with Gasteiger partial charge in [-0.15, -0.1) is 0 Å². The number of nitrogens with zero attached hydrogens (tertiary/aromatic N) is 2. The lowest BCUT2D eigenvalue weighted by Crippen LogP contribution is -2.53. The highest BCUT2D eigenvalue weighted by Gasteiger charge is 2.40. The van der Waals surface area contributed by atoms with Crippen molar-refractivity contribution >= 4 is 23.7 Å². The molecule has 2 aliphatic rings. The van der Waals surface area contributed by atoms with Gasteiger partial charge in [0.05, 0.1) is 5.56 Å². The number of nitrogens with two attached hydrogens (primary N) is 1. The largest absolute Gasteiger partial charge is 0.508 e. The number of piperidine rings is 2. The van der Waals surface area contributed by atoms with Crippen molar-refractivity contribution in [1.29, 1.82) is 0 Å². The zero-order valence-electron chi connectivity index (χ0n) is 41.6. The molecule has 0 aromatic heterocycles. The number of hydrogen-bond donors (Lipinski definition) is 6. The fraction of sp³-hybridized carbons (Fsp3) is 0.500. The van der Waals surface area contributed by atoms with E-state index < -0.39 is 11.9 Å². The zero-order chi connectivity index (χ0) is 49.8. The molecule has 0 radical (unpaired) electrons. The Morgan fingerprint density at radius 2 is 1.01 bits per heavy atom. The van der Waals surface area contributed by atoms with E-state index in [0.717, 1.165) is 68.8 Å². The number of amides is 3. The van der Waals surface area contributed by atoms with Gasteiger partial charge in [-0.3, -0.25) is 14.4 Å². The maximum Gasteiger partial charge on any atom is 0.335 e. The fourth-order valence-electron chi connectivity index (χ4n) is 9.66. The lowest BCUT2D eigenvalue weighted by molar-refractivity contribution is -0.123. The van der Waals surface area contributed by atoms with Gasteiger partial charge in [0.1, 0.15) is 11.5 Å². The van der Waals surface area contributed by atoms with Gasteiger partial charge in [0.15, 0.2) is 0 Å². The number of primary amides is 1. The minimum absolute atomic E-state index is 0.0251. The van der Waals surface area contributed by atoms with Gasteiger partial charge in [0.25, 0.3) is 0 Å². The van der Waals surface area contributed by atoms with Crippen LogP contribution >= 0.6 is 0 Å². The van der Waals surface area contributed by atoms with Crippen LogP contribution in [0.5, 0.6) is 11.5 Å². The second-order valence-corrected chi connectivity index (χ2v) is 20.7. The first-order chi connectivity index (χ1) is 32.2. The number of carboxylic acids is 1. The first-order valence-electron chi connectivity index (χ1n) is 24.5. The molecule has 6 rings (SSSR count). The summed E-state index contributed by atoms with van der Waals surface area (Å²) in [6, 6.07) is 29.2. The first kappa shape index (κ1) is 53.2. The minimum Gasteiger partial charge on any atom is -0.508 e. The average Bonchev–Trinajstić information content (AvgIpc) is 3.30. The van der Waals surface area contributed by atoms with Gasteiger partial charge in [-0.05, 0) is 144 Å². The van der Waals surface area contributed by atoms with E-state index in [1.807, 2.05) is 54.6 Å². The maximum atomic E-state index is 12.7. The Morgan fingerprint density at radius 3 is 1.37 bits per heavy atom. The van der Waals surface area contributed by atoms with Crippen LogP contribution in [0.1, 0.15) is 124 Å². The molecule has 12 heteroatoms. The molecule has 7 N–H and O–H groups in total. The molecule has 4 aromatic carbocycles. The average molecular weight is 932 g/mol. The van der Waals surface area contributed by atoms with Gasteiger partial charge >= 0.3 is 5.97 Å². The van der Waals surface area contributed by atoms with Crippen LogP contribution in [-0.4, -0.2) is 100 Å². The Hall–Kier alpha value is -5.72. The molecule has 2 heterocycles. The van der Waals surface area contributed by atoms with Crippen LogP contribution < -0.4 is 16.4 Å². The van der Waals surface area contributed by atoms with E-state index in [2.05, 4.69) is 81.9 Å². The second kappa shape index (κ2) is 24.0. The van der Waals surface area contributed by atoms with Crippen LogP contribution in [0.15, 0.2) is 97.1 Å². The third-order valence-electron chi connectivity index (χ3n) is 15.1. The van der Waals surface area contributed by atoms with Gasteiger partial charge in [0.2, 0.25) is 17.7 Å². The summed E-state index contributed by atoms with van der Waals surface area (Å²) in [5, 5.41) is 34.7. The zero-order valence-corrected chi connectivity index (χ0v) is 41.6. The number of aromatic hydroxyl groups is 2. The van der Waals surface area contributed by atoms with Crippen molar-refractivity contribution in [1.82, 2.24) is 20.4 Å². The van der Waals surface area contributed by atoms with Gasteiger partial charge in [0, 0.05) is 56.7 Å². The molecule has 368 valence electrons. The molecular formula is C56H77N5O7. The summed E-state index contributed by atoms with van der Waals surface area (Å²) >= 11 is 0. The number of likely N-dealkylation sites (tertiary alicyclic amines) is 2. The number of carboxylic acid groups (broad SMARTS) is 1. The first-order valence-corrected chi connectivity index (χ1v) is 24.5. The number of carbonyl (C=O) groups is 4. The predicted octanol–water partition coefficient (Wildman–Crippen LogP) is 8.33. The Bertz CT molecular complexity index is 2140. The van der Waals surface area contributed by atoms with Crippen LogP contribution in [-0.2, 0) is 33.3 Å². The highest BCUT2D eigenvalue weighted by molar-refractivity contribution is 5.93. The number of benzene rings is 4. The van der Waals surface area contributed by atoms with Crippen molar-refractivity contribution < 1.29 is 34.5 Å². The molecule has 2 aliphatic heterocycles. The van der Waals surface area contributed by atoms with Gasteiger partial charge in [-0.25, -0.2) is 4.79 Å². The van der Waals surface area contributed by atoms with Crippen LogP contribution in [0.25, 0.3) is 0 Å². The number of carbonyl (C=O) groups excluding carboxylic acids is 3. The van der Waals surface area contributed by atoms with E-state index in [1.165, 1.54) is 5.56 Å². The van der Waals surface area contributed by atoms with E-state index in [0.29, 0.717) is 60.5 Å². The second-order valence-electron chi connectivity index (χ2n) is 20.7. The molecule has 0 unspecified atom stereocenters. The van der Waals surface area contributed by atoms with E-state index in [-0.39, 0.29) is 46.2 Å². The van der Waals surface area contributed by atoms with Gasteiger partial charge in [-0.2, -0.15) is 0 Å². The topological polar surface area (TPSA) is 186 Å². The number of rotatable bonds is 18. The van der Waals surface area contributed by atoms with Gasteiger partial charge in [-0.1, -0.05) is 104 Å². The summed E-state index contributed by atoms with van der Waals surface area (Å²) in [7, 11) is 0. The molecule has 0 saturated carbocycles. The third-order valence-corrected chi connectivity index (χ3v) is 15.1. The van der Waals surface area contributed by atoms with Crippen LogP contribution in [0.2, 0.25) is 0 Å². The Labute approximate surface area is 404 Å². The molecular weight excluding hydrogens is 855 g/mol. The molecule has 2 fully saturated rings. The van der Waals surface area contributed by atoms with Crippen molar-refractivity contribution in [2.75, 3.05) is 39.3 Å². The molecule has 0 spiro atoms. The summed E-state index contributed by atoms with van der Waals surface area (Å²) in [6.45, 7) is 22.9. The summed E-state index contributed by atoms with van der Waals surface area (Å²) in [4.78, 5) is 53.3. The summed E-state index contributed by atoms with van der Waals surface area (Å²) in [5.41, 5.74) is 10.6. The van der Waals surface area contributed by atoms with Crippen molar-refractivity contribution in [3.05, 3.63) is 130 Å². The molecule has 2 saturated heterocycles. The van der Waals surface area contributed by atoms with Crippen LogP contribution in [0.3, 0.4) is 0 Å². The summed E-state index contributed by atoms with van der Waals surface area (Å²) in [5.74, 6) is 0.674. The normalized spacial score (nSPS) is 21.9. The van der Waals surface area contributed by atoms with E-state index in [1.54, 1.807) is 36.4 Å².